The van der Waals surface area contributed by atoms with E-state index < -0.39 is 11.5 Å². The molecule has 0 bridgehead atoms. The smallest absolute Gasteiger partial charge is 0.331 e. The molecule has 2 amide bonds. The molecule has 142 valence electrons. The van der Waals surface area contributed by atoms with Crippen LogP contribution in [0.5, 0.6) is 0 Å². The second kappa shape index (κ2) is 8.35. The number of esters is 1. The van der Waals surface area contributed by atoms with E-state index in [1.165, 1.54) is 18.4 Å². The first kappa shape index (κ1) is 19.1. The van der Waals surface area contributed by atoms with Gasteiger partial charge in [0.2, 0.25) is 0 Å². The van der Waals surface area contributed by atoms with Crippen molar-refractivity contribution in [3.05, 3.63) is 52.2 Å². The number of carbonyl (C=O) groups excluding carboxylic acids is 3. The molecule has 0 aliphatic heterocycles. The van der Waals surface area contributed by atoms with Gasteiger partial charge < -0.3 is 15.4 Å². The number of thiophene rings is 1. The van der Waals surface area contributed by atoms with Crippen molar-refractivity contribution in [1.29, 1.82) is 0 Å². The zero-order valence-corrected chi connectivity index (χ0v) is 15.9. The van der Waals surface area contributed by atoms with Crippen LogP contribution >= 0.6 is 11.3 Å². The topological polar surface area (TPSA) is 84.5 Å². The fraction of sp³-hybridized carbons (Fsp3) is 0.350. The Kier molecular flexibility index (Phi) is 5.91. The number of amides is 2. The molecule has 6 nitrogen and oxygen atoms in total. The van der Waals surface area contributed by atoms with Gasteiger partial charge in [0.15, 0.2) is 0 Å². The fourth-order valence-electron chi connectivity index (χ4n) is 3.36. The molecule has 1 aromatic heterocycles. The predicted octanol–water partition coefficient (Wildman–Crippen LogP) is 3.61. The Balaban J connectivity index is 1.74. The molecule has 2 N–H and O–H groups in total. The van der Waals surface area contributed by atoms with Crippen molar-refractivity contribution in [3.63, 3.8) is 0 Å². The number of nitrogens with one attached hydrogen (secondary N) is 2. The van der Waals surface area contributed by atoms with Crippen molar-refractivity contribution in [2.75, 3.05) is 12.4 Å². The fourth-order valence-corrected chi connectivity index (χ4v) is 3.98. The number of benzene rings is 1. The van der Waals surface area contributed by atoms with E-state index in [-0.39, 0.29) is 11.8 Å². The minimum Gasteiger partial charge on any atom is -0.467 e. The molecule has 0 saturated heterocycles. The third kappa shape index (κ3) is 4.36. The summed E-state index contributed by atoms with van der Waals surface area (Å²) < 4.78 is 4.94. The lowest BCUT2D eigenvalue weighted by atomic mass is 9.81. The zero-order valence-electron chi connectivity index (χ0n) is 15.1. The predicted molar refractivity (Wildman–Crippen MR) is 104 cm³/mol. The minimum atomic E-state index is -0.972. The van der Waals surface area contributed by atoms with Gasteiger partial charge in [-0.05, 0) is 42.5 Å². The van der Waals surface area contributed by atoms with Crippen LogP contribution < -0.4 is 10.6 Å². The maximum atomic E-state index is 12.8. The van der Waals surface area contributed by atoms with Crippen LogP contribution in [0.1, 0.15) is 52.1 Å². The lowest BCUT2D eigenvalue weighted by Gasteiger charge is -2.35. The Morgan fingerprint density at radius 3 is 2.48 bits per heavy atom. The highest BCUT2D eigenvalue weighted by molar-refractivity contribution is 7.12. The van der Waals surface area contributed by atoms with Crippen LogP contribution in [0, 0.1) is 0 Å². The summed E-state index contributed by atoms with van der Waals surface area (Å²) in [5.41, 5.74) is -0.0648. The Bertz CT molecular complexity index is 826. The lowest BCUT2D eigenvalue weighted by molar-refractivity contribution is -0.149. The SMILES string of the molecule is COC(=O)C1(NC(=O)c2cccc(NC(=O)c3cccs3)c2)CCCCC1. The van der Waals surface area contributed by atoms with Gasteiger partial charge in [0.05, 0.1) is 12.0 Å². The Morgan fingerprint density at radius 1 is 1.04 bits per heavy atom. The summed E-state index contributed by atoms with van der Waals surface area (Å²) in [4.78, 5) is 37.9. The molecule has 2 aromatic rings. The molecular formula is C20H22N2O4S. The van der Waals surface area contributed by atoms with E-state index >= 15 is 0 Å². The summed E-state index contributed by atoms with van der Waals surface area (Å²) >= 11 is 1.35. The molecule has 0 spiro atoms. The number of rotatable bonds is 5. The molecule has 7 heteroatoms. The summed E-state index contributed by atoms with van der Waals surface area (Å²) in [5.74, 6) is -0.979. The molecule has 1 aromatic carbocycles. The normalized spacial score (nSPS) is 15.6. The highest BCUT2D eigenvalue weighted by Gasteiger charge is 2.42. The van der Waals surface area contributed by atoms with Crippen LogP contribution in [0.4, 0.5) is 5.69 Å². The van der Waals surface area contributed by atoms with Crippen LogP contribution in [0.15, 0.2) is 41.8 Å². The van der Waals surface area contributed by atoms with E-state index in [4.69, 9.17) is 4.74 Å². The highest BCUT2D eigenvalue weighted by atomic mass is 32.1. The second-order valence-corrected chi connectivity index (χ2v) is 7.55. The van der Waals surface area contributed by atoms with Crippen molar-refractivity contribution in [1.82, 2.24) is 5.32 Å². The molecule has 1 aliphatic rings. The van der Waals surface area contributed by atoms with E-state index in [1.54, 1.807) is 36.4 Å². The van der Waals surface area contributed by atoms with Crippen molar-refractivity contribution in [2.24, 2.45) is 0 Å². The highest BCUT2D eigenvalue weighted by Crippen LogP contribution is 2.30. The van der Waals surface area contributed by atoms with Crippen molar-refractivity contribution < 1.29 is 19.1 Å². The van der Waals surface area contributed by atoms with Gasteiger partial charge in [-0.25, -0.2) is 4.79 Å². The molecule has 0 atom stereocenters. The van der Waals surface area contributed by atoms with Gasteiger partial charge in [-0.3, -0.25) is 9.59 Å². The molecule has 1 aliphatic carbocycles. The number of anilines is 1. The average molecular weight is 386 g/mol. The van der Waals surface area contributed by atoms with Crippen LogP contribution in [-0.4, -0.2) is 30.4 Å². The monoisotopic (exact) mass is 386 g/mol. The number of carbonyl (C=O) groups is 3. The summed E-state index contributed by atoms with van der Waals surface area (Å²) in [6.45, 7) is 0. The Labute approximate surface area is 161 Å². The summed E-state index contributed by atoms with van der Waals surface area (Å²) in [5, 5.41) is 7.50. The number of methoxy groups -OCH3 is 1. The van der Waals surface area contributed by atoms with E-state index in [1.807, 2.05) is 5.38 Å². The van der Waals surface area contributed by atoms with Crippen LogP contribution in [-0.2, 0) is 9.53 Å². The Morgan fingerprint density at radius 2 is 1.81 bits per heavy atom. The molecule has 1 saturated carbocycles. The largest absolute Gasteiger partial charge is 0.467 e. The van der Waals surface area contributed by atoms with Crippen molar-refractivity contribution >= 4 is 34.8 Å². The maximum Gasteiger partial charge on any atom is 0.331 e. The molecule has 0 unspecified atom stereocenters. The van der Waals surface area contributed by atoms with Crippen LogP contribution in [0.3, 0.4) is 0 Å². The van der Waals surface area contributed by atoms with Gasteiger partial charge in [-0.2, -0.15) is 0 Å². The van der Waals surface area contributed by atoms with E-state index in [9.17, 15) is 14.4 Å². The molecule has 1 fully saturated rings. The van der Waals surface area contributed by atoms with Gasteiger partial charge in [0.25, 0.3) is 11.8 Å². The van der Waals surface area contributed by atoms with Crippen molar-refractivity contribution in [3.8, 4) is 0 Å². The first-order valence-corrected chi connectivity index (χ1v) is 9.78. The maximum absolute atomic E-state index is 12.8. The van der Waals surface area contributed by atoms with Gasteiger partial charge >= 0.3 is 5.97 Å². The minimum absolute atomic E-state index is 0.221. The number of hydrogen-bond donors (Lipinski definition) is 2. The summed E-state index contributed by atoms with van der Waals surface area (Å²) in [6.07, 6.45) is 3.91. The second-order valence-electron chi connectivity index (χ2n) is 6.60. The van der Waals surface area contributed by atoms with Gasteiger partial charge in [-0.15, -0.1) is 11.3 Å². The van der Waals surface area contributed by atoms with E-state index in [0.29, 0.717) is 29.0 Å². The van der Waals surface area contributed by atoms with Crippen molar-refractivity contribution in [2.45, 2.75) is 37.6 Å². The third-order valence-corrected chi connectivity index (χ3v) is 5.63. The standard InChI is InChI=1S/C20H22N2O4S/c1-26-19(25)20(10-3-2-4-11-20)22-17(23)14-7-5-8-15(13-14)21-18(24)16-9-6-12-27-16/h5-9,12-13H,2-4,10-11H2,1H3,(H,21,24)(H,22,23). The molecule has 0 radical (unpaired) electrons. The average Bonchev–Trinajstić information content (AvgIpc) is 3.23. The molecule has 27 heavy (non-hydrogen) atoms. The quantitative estimate of drug-likeness (QED) is 0.769. The Hall–Kier alpha value is -2.67. The van der Waals surface area contributed by atoms with Crippen LogP contribution in [0.2, 0.25) is 0 Å². The number of ether oxygens (including phenoxy) is 1. The van der Waals surface area contributed by atoms with E-state index in [2.05, 4.69) is 10.6 Å². The zero-order chi connectivity index (χ0) is 19.3. The molecule has 3 rings (SSSR count). The first-order chi connectivity index (χ1) is 13.0. The summed E-state index contributed by atoms with van der Waals surface area (Å²) in [6, 6.07) is 10.2. The van der Waals surface area contributed by atoms with Gasteiger partial charge in [0, 0.05) is 11.3 Å². The molecular weight excluding hydrogens is 364 g/mol. The molecule has 1 heterocycles. The lowest BCUT2D eigenvalue weighted by Crippen LogP contribution is -2.56. The van der Waals surface area contributed by atoms with E-state index in [0.717, 1.165) is 19.3 Å². The van der Waals surface area contributed by atoms with Crippen LogP contribution in [0.25, 0.3) is 0 Å². The first-order valence-electron chi connectivity index (χ1n) is 8.90. The van der Waals surface area contributed by atoms with Gasteiger partial charge in [0.1, 0.15) is 5.54 Å². The summed E-state index contributed by atoms with van der Waals surface area (Å²) in [7, 11) is 1.34. The van der Waals surface area contributed by atoms with Gasteiger partial charge in [-0.1, -0.05) is 31.4 Å². The third-order valence-electron chi connectivity index (χ3n) is 4.76. The number of hydrogen-bond acceptors (Lipinski definition) is 5.